The first-order valence-corrected chi connectivity index (χ1v) is 10.3. The first kappa shape index (κ1) is 23.4. The standard InChI is InChI=1S/C26H20ClN3O3/c1-17-7-9-22(13-23(17)27)30-26(31)21(15-29)11-18-8-10-24(25(12-18)32-2)33-16-20-6-4-3-5-19(20)14-28/h3-13H,16H2,1-2H3,(H,30,31)/b21-11+. The lowest BCUT2D eigenvalue weighted by Crippen LogP contribution is -2.13. The summed E-state index contributed by atoms with van der Waals surface area (Å²) in [6, 6.07) is 21.4. The molecular formula is C26H20ClN3O3. The first-order chi connectivity index (χ1) is 15.9. The van der Waals surface area contributed by atoms with Gasteiger partial charge < -0.3 is 14.8 Å². The highest BCUT2D eigenvalue weighted by Crippen LogP contribution is 2.30. The van der Waals surface area contributed by atoms with Crippen LogP contribution in [0.3, 0.4) is 0 Å². The number of aryl methyl sites for hydroxylation is 1. The van der Waals surface area contributed by atoms with Crippen LogP contribution in [0.4, 0.5) is 5.69 Å². The molecule has 0 spiro atoms. The summed E-state index contributed by atoms with van der Waals surface area (Å²) in [5, 5.41) is 21.9. The monoisotopic (exact) mass is 457 g/mol. The second-order valence-electron chi connectivity index (χ2n) is 7.06. The van der Waals surface area contributed by atoms with Crippen LogP contribution in [0.1, 0.15) is 22.3 Å². The van der Waals surface area contributed by atoms with Gasteiger partial charge >= 0.3 is 0 Å². The van der Waals surface area contributed by atoms with Crippen molar-refractivity contribution in [2.45, 2.75) is 13.5 Å². The lowest BCUT2D eigenvalue weighted by molar-refractivity contribution is -0.112. The van der Waals surface area contributed by atoms with E-state index in [0.29, 0.717) is 33.3 Å². The molecule has 33 heavy (non-hydrogen) atoms. The lowest BCUT2D eigenvalue weighted by Gasteiger charge is -2.12. The zero-order valence-corrected chi connectivity index (χ0v) is 18.8. The molecule has 0 heterocycles. The zero-order valence-electron chi connectivity index (χ0n) is 18.1. The minimum absolute atomic E-state index is 0.0784. The van der Waals surface area contributed by atoms with E-state index in [4.69, 9.17) is 21.1 Å². The summed E-state index contributed by atoms with van der Waals surface area (Å²) in [5.41, 5.74) is 3.18. The molecule has 0 saturated heterocycles. The van der Waals surface area contributed by atoms with Gasteiger partial charge in [-0.25, -0.2) is 0 Å². The molecule has 1 N–H and O–H groups in total. The molecule has 0 radical (unpaired) electrons. The van der Waals surface area contributed by atoms with Crippen molar-refractivity contribution in [2.24, 2.45) is 0 Å². The van der Waals surface area contributed by atoms with Gasteiger partial charge in [0.2, 0.25) is 0 Å². The summed E-state index contributed by atoms with van der Waals surface area (Å²) in [5.74, 6) is 0.352. The Morgan fingerprint density at radius 3 is 2.58 bits per heavy atom. The number of methoxy groups -OCH3 is 1. The molecular weight excluding hydrogens is 438 g/mol. The number of nitrogens with one attached hydrogen (secondary N) is 1. The van der Waals surface area contributed by atoms with E-state index < -0.39 is 5.91 Å². The number of benzene rings is 3. The number of halogens is 1. The zero-order chi connectivity index (χ0) is 23.8. The molecule has 0 saturated carbocycles. The van der Waals surface area contributed by atoms with E-state index in [9.17, 15) is 15.3 Å². The van der Waals surface area contributed by atoms with Crippen LogP contribution in [0, 0.1) is 29.6 Å². The Morgan fingerprint density at radius 1 is 1.09 bits per heavy atom. The molecule has 3 rings (SSSR count). The van der Waals surface area contributed by atoms with Gasteiger partial charge in [0, 0.05) is 16.3 Å². The van der Waals surface area contributed by atoms with E-state index >= 15 is 0 Å². The second-order valence-corrected chi connectivity index (χ2v) is 7.46. The molecule has 6 nitrogen and oxygen atoms in total. The molecule has 0 fully saturated rings. The van der Waals surface area contributed by atoms with Gasteiger partial charge in [-0.2, -0.15) is 10.5 Å². The number of carbonyl (C=O) groups is 1. The fraction of sp³-hybridized carbons (Fsp3) is 0.115. The Balaban J connectivity index is 1.77. The number of hydrogen-bond acceptors (Lipinski definition) is 5. The van der Waals surface area contributed by atoms with Gasteiger partial charge in [0.25, 0.3) is 5.91 Å². The number of rotatable bonds is 7. The SMILES string of the molecule is COc1cc(/C=C(\C#N)C(=O)Nc2ccc(C)c(Cl)c2)ccc1OCc1ccccc1C#N. The predicted octanol–water partition coefficient (Wildman–Crippen LogP) is 5.65. The number of ether oxygens (including phenoxy) is 2. The number of anilines is 1. The molecule has 0 aliphatic heterocycles. The summed E-state index contributed by atoms with van der Waals surface area (Å²) in [7, 11) is 1.50. The highest BCUT2D eigenvalue weighted by molar-refractivity contribution is 6.31. The fourth-order valence-electron chi connectivity index (χ4n) is 2.99. The predicted molar refractivity (Wildman–Crippen MR) is 127 cm³/mol. The number of hydrogen-bond donors (Lipinski definition) is 1. The van der Waals surface area contributed by atoms with Crippen molar-refractivity contribution in [3.05, 3.63) is 93.5 Å². The van der Waals surface area contributed by atoms with Crippen molar-refractivity contribution in [3.8, 4) is 23.6 Å². The molecule has 3 aromatic rings. The van der Waals surface area contributed by atoms with E-state index in [0.717, 1.165) is 11.1 Å². The Hall–Kier alpha value is -4.26. The van der Waals surface area contributed by atoms with Crippen molar-refractivity contribution in [1.82, 2.24) is 0 Å². The van der Waals surface area contributed by atoms with E-state index in [2.05, 4.69) is 11.4 Å². The maximum absolute atomic E-state index is 12.6. The number of amides is 1. The third-order valence-electron chi connectivity index (χ3n) is 4.81. The molecule has 0 bridgehead atoms. The van der Waals surface area contributed by atoms with Crippen LogP contribution < -0.4 is 14.8 Å². The normalized spacial score (nSPS) is 10.6. The summed E-state index contributed by atoms with van der Waals surface area (Å²) in [6.07, 6.45) is 1.46. The van der Waals surface area contributed by atoms with Crippen LogP contribution >= 0.6 is 11.6 Å². The minimum atomic E-state index is -0.551. The third-order valence-corrected chi connectivity index (χ3v) is 5.22. The second kappa shape index (κ2) is 10.9. The Morgan fingerprint density at radius 2 is 1.88 bits per heavy atom. The van der Waals surface area contributed by atoms with Gasteiger partial charge in [-0.1, -0.05) is 41.9 Å². The van der Waals surface area contributed by atoms with Gasteiger partial charge in [0.15, 0.2) is 11.5 Å². The maximum atomic E-state index is 12.6. The fourth-order valence-corrected chi connectivity index (χ4v) is 3.17. The topological polar surface area (TPSA) is 95.1 Å². The van der Waals surface area contributed by atoms with Crippen molar-refractivity contribution in [1.29, 1.82) is 10.5 Å². The van der Waals surface area contributed by atoms with Crippen molar-refractivity contribution >= 4 is 29.3 Å². The number of nitrogens with zero attached hydrogens (tertiary/aromatic N) is 2. The van der Waals surface area contributed by atoms with Crippen LogP contribution in [-0.2, 0) is 11.4 Å². The summed E-state index contributed by atoms with van der Waals surface area (Å²) in [4.78, 5) is 12.6. The average Bonchev–Trinajstić information content (AvgIpc) is 2.83. The van der Waals surface area contributed by atoms with Crippen LogP contribution in [0.2, 0.25) is 5.02 Å². The average molecular weight is 458 g/mol. The Labute approximate surface area is 197 Å². The van der Waals surface area contributed by atoms with E-state index in [1.54, 1.807) is 48.5 Å². The molecule has 0 aliphatic carbocycles. The third kappa shape index (κ3) is 5.92. The molecule has 0 aromatic heterocycles. The highest BCUT2D eigenvalue weighted by Gasteiger charge is 2.12. The molecule has 0 atom stereocenters. The van der Waals surface area contributed by atoms with Crippen LogP contribution in [-0.4, -0.2) is 13.0 Å². The van der Waals surface area contributed by atoms with Gasteiger partial charge in [-0.05, 0) is 54.5 Å². The molecule has 0 aliphatic rings. The van der Waals surface area contributed by atoms with Gasteiger partial charge in [0.05, 0.1) is 18.7 Å². The van der Waals surface area contributed by atoms with Gasteiger partial charge in [-0.3, -0.25) is 4.79 Å². The molecule has 7 heteroatoms. The van der Waals surface area contributed by atoms with Crippen molar-refractivity contribution in [3.63, 3.8) is 0 Å². The quantitative estimate of drug-likeness (QED) is 0.365. The smallest absolute Gasteiger partial charge is 0.266 e. The molecule has 3 aromatic carbocycles. The summed E-state index contributed by atoms with van der Waals surface area (Å²) >= 11 is 6.10. The first-order valence-electron chi connectivity index (χ1n) is 9.93. The largest absolute Gasteiger partial charge is 0.493 e. The van der Waals surface area contributed by atoms with Gasteiger partial charge in [0.1, 0.15) is 18.2 Å². The maximum Gasteiger partial charge on any atom is 0.266 e. The van der Waals surface area contributed by atoms with Crippen LogP contribution in [0.15, 0.2) is 66.2 Å². The number of carbonyl (C=O) groups excluding carboxylic acids is 1. The molecule has 0 unspecified atom stereocenters. The van der Waals surface area contributed by atoms with Crippen molar-refractivity contribution in [2.75, 3.05) is 12.4 Å². The Bertz CT molecular complexity index is 1300. The summed E-state index contributed by atoms with van der Waals surface area (Å²) < 4.78 is 11.2. The van der Waals surface area contributed by atoms with E-state index in [1.165, 1.54) is 13.2 Å². The van der Waals surface area contributed by atoms with Crippen molar-refractivity contribution < 1.29 is 14.3 Å². The Kier molecular flexibility index (Phi) is 7.70. The van der Waals surface area contributed by atoms with E-state index in [1.807, 2.05) is 25.1 Å². The van der Waals surface area contributed by atoms with Crippen LogP contribution in [0.25, 0.3) is 6.08 Å². The van der Waals surface area contributed by atoms with E-state index in [-0.39, 0.29) is 12.2 Å². The summed E-state index contributed by atoms with van der Waals surface area (Å²) in [6.45, 7) is 2.05. The number of nitriles is 2. The molecule has 1 amide bonds. The lowest BCUT2D eigenvalue weighted by atomic mass is 10.1. The van der Waals surface area contributed by atoms with Gasteiger partial charge in [-0.15, -0.1) is 0 Å². The molecule has 164 valence electrons. The van der Waals surface area contributed by atoms with Crippen LogP contribution in [0.5, 0.6) is 11.5 Å². The highest BCUT2D eigenvalue weighted by atomic mass is 35.5. The minimum Gasteiger partial charge on any atom is -0.493 e.